The van der Waals surface area contributed by atoms with Crippen molar-refractivity contribution in [2.24, 2.45) is 0 Å². The Balaban J connectivity index is 2.07. The van der Waals surface area contributed by atoms with E-state index in [-0.39, 0.29) is 12.5 Å². The maximum atomic E-state index is 12.2. The first-order valence-electron chi connectivity index (χ1n) is 8.01. The van der Waals surface area contributed by atoms with Crippen LogP contribution in [0.2, 0.25) is 0 Å². The fourth-order valence-corrected chi connectivity index (χ4v) is 2.72. The first-order chi connectivity index (χ1) is 11.8. The van der Waals surface area contributed by atoms with Gasteiger partial charge in [-0.2, -0.15) is 0 Å². The quantitative estimate of drug-likeness (QED) is 0.842. The molecule has 2 rings (SSSR count). The summed E-state index contributed by atoms with van der Waals surface area (Å²) >= 11 is 0. The lowest BCUT2D eigenvalue weighted by Crippen LogP contribution is -2.21. The molecule has 132 valence electrons. The Morgan fingerprint density at radius 2 is 1.60 bits per heavy atom. The molecule has 0 atom stereocenters. The molecule has 0 radical (unpaired) electrons. The van der Waals surface area contributed by atoms with Gasteiger partial charge in [0.1, 0.15) is 5.75 Å². The second-order valence-electron chi connectivity index (χ2n) is 6.09. The van der Waals surface area contributed by atoms with E-state index in [1.165, 1.54) is 7.11 Å². The molecule has 0 aliphatic rings. The summed E-state index contributed by atoms with van der Waals surface area (Å²) < 4.78 is 10.4. The van der Waals surface area contributed by atoms with Gasteiger partial charge in [-0.3, -0.25) is 4.79 Å². The summed E-state index contributed by atoms with van der Waals surface area (Å²) in [5, 5.41) is 2.78. The molecule has 0 bridgehead atoms. The van der Waals surface area contributed by atoms with Gasteiger partial charge in [0.05, 0.1) is 12.7 Å². The zero-order valence-corrected chi connectivity index (χ0v) is 15.2. The van der Waals surface area contributed by atoms with E-state index in [0.717, 1.165) is 28.0 Å². The number of carbonyl (C=O) groups is 2. The fraction of sp³-hybridized carbons (Fsp3) is 0.300. The molecule has 5 heteroatoms. The van der Waals surface area contributed by atoms with Crippen molar-refractivity contribution in [3.05, 3.63) is 58.1 Å². The topological polar surface area (TPSA) is 64.6 Å². The van der Waals surface area contributed by atoms with E-state index in [4.69, 9.17) is 9.47 Å². The Morgan fingerprint density at radius 1 is 0.960 bits per heavy atom. The number of anilines is 1. The van der Waals surface area contributed by atoms with Crippen molar-refractivity contribution in [3.63, 3.8) is 0 Å². The van der Waals surface area contributed by atoms with Crippen LogP contribution in [0.5, 0.6) is 5.75 Å². The third-order valence-electron chi connectivity index (χ3n) is 3.89. The summed E-state index contributed by atoms with van der Waals surface area (Å²) in [7, 11) is 1.32. The van der Waals surface area contributed by atoms with E-state index in [9.17, 15) is 9.59 Å². The number of amides is 1. The second-order valence-corrected chi connectivity index (χ2v) is 6.09. The maximum absolute atomic E-state index is 12.2. The van der Waals surface area contributed by atoms with E-state index in [2.05, 4.69) is 5.32 Å². The van der Waals surface area contributed by atoms with E-state index < -0.39 is 5.97 Å². The average Bonchev–Trinajstić information content (AvgIpc) is 2.55. The van der Waals surface area contributed by atoms with Crippen LogP contribution in [-0.4, -0.2) is 25.6 Å². The van der Waals surface area contributed by atoms with Gasteiger partial charge in [0.15, 0.2) is 6.61 Å². The molecule has 0 aliphatic heterocycles. The van der Waals surface area contributed by atoms with E-state index in [1.54, 1.807) is 18.2 Å². The van der Waals surface area contributed by atoms with E-state index >= 15 is 0 Å². The summed E-state index contributed by atoms with van der Waals surface area (Å²) in [6.07, 6.45) is 0. The first-order valence-corrected chi connectivity index (χ1v) is 8.01. The summed E-state index contributed by atoms with van der Waals surface area (Å²) in [4.78, 5) is 23.8. The summed E-state index contributed by atoms with van der Waals surface area (Å²) in [6, 6.07) is 9.05. The molecule has 0 aromatic heterocycles. The smallest absolute Gasteiger partial charge is 0.337 e. The van der Waals surface area contributed by atoms with Crippen LogP contribution in [0.3, 0.4) is 0 Å². The van der Waals surface area contributed by atoms with Crippen LogP contribution >= 0.6 is 0 Å². The SMILES string of the molecule is COC(=O)c1ccc(C)c(NC(=O)COc2c(C)cc(C)cc2C)c1. The number of carbonyl (C=O) groups excluding carboxylic acids is 2. The lowest BCUT2D eigenvalue weighted by Gasteiger charge is -2.14. The van der Waals surface area contributed by atoms with Crippen molar-refractivity contribution in [3.8, 4) is 5.75 Å². The normalized spacial score (nSPS) is 10.3. The Kier molecular flexibility index (Phi) is 5.80. The lowest BCUT2D eigenvalue weighted by molar-refractivity contribution is -0.118. The maximum Gasteiger partial charge on any atom is 0.337 e. The highest BCUT2D eigenvalue weighted by molar-refractivity contribution is 5.95. The minimum atomic E-state index is -0.447. The minimum Gasteiger partial charge on any atom is -0.483 e. The molecule has 1 amide bonds. The van der Waals surface area contributed by atoms with Crippen molar-refractivity contribution in [1.82, 2.24) is 0 Å². The molecular weight excluding hydrogens is 318 g/mol. The highest BCUT2D eigenvalue weighted by atomic mass is 16.5. The molecule has 0 spiro atoms. The van der Waals surface area contributed by atoms with Crippen molar-refractivity contribution in [2.45, 2.75) is 27.7 Å². The molecule has 25 heavy (non-hydrogen) atoms. The number of hydrogen-bond donors (Lipinski definition) is 1. The molecule has 0 saturated carbocycles. The lowest BCUT2D eigenvalue weighted by atomic mass is 10.1. The molecule has 0 saturated heterocycles. The number of methoxy groups -OCH3 is 1. The molecule has 0 fully saturated rings. The Labute approximate surface area is 148 Å². The Hall–Kier alpha value is -2.82. The Bertz CT molecular complexity index is 788. The van der Waals surface area contributed by atoms with Gasteiger partial charge in [0.25, 0.3) is 5.91 Å². The molecular formula is C20H23NO4. The van der Waals surface area contributed by atoms with Crippen LogP contribution < -0.4 is 10.1 Å². The number of nitrogens with one attached hydrogen (secondary N) is 1. The number of aryl methyl sites for hydroxylation is 4. The van der Waals surface area contributed by atoms with Gasteiger partial charge in [0, 0.05) is 5.69 Å². The number of benzene rings is 2. The Morgan fingerprint density at radius 3 is 2.20 bits per heavy atom. The first kappa shape index (κ1) is 18.5. The number of rotatable bonds is 5. The molecule has 0 unspecified atom stereocenters. The zero-order chi connectivity index (χ0) is 18.6. The molecule has 0 aliphatic carbocycles. The fourth-order valence-electron chi connectivity index (χ4n) is 2.72. The minimum absolute atomic E-state index is 0.105. The van der Waals surface area contributed by atoms with E-state index in [1.807, 2.05) is 39.8 Å². The van der Waals surface area contributed by atoms with Gasteiger partial charge < -0.3 is 14.8 Å². The third-order valence-corrected chi connectivity index (χ3v) is 3.89. The summed E-state index contributed by atoms with van der Waals surface area (Å²) in [5.74, 6) is -0.0112. The van der Waals surface area contributed by atoms with Gasteiger partial charge in [-0.05, 0) is 56.5 Å². The van der Waals surface area contributed by atoms with Crippen molar-refractivity contribution >= 4 is 17.6 Å². The highest BCUT2D eigenvalue weighted by Crippen LogP contribution is 2.24. The standard InChI is InChI=1S/C20H23NO4/c1-12-8-14(3)19(15(4)9-12)25-11-18(22)21-17-10-16(20(23)24-5)7-6-13(17)2/h6-10H,11H2,1-5H3,(H,21,22). The predicted molar refractivity (Wildman–Crippen MR) is 97.3 cm³/mol. The van der Waals surface area contributed by atoms with E-state index in [0.29, 0.717) is 11.3 Å². The summed E-state index contributed by atoms with van der Waals surface area (Å²) in [5.41, 5.74) is 4.94. The van der Waals surface area contributed by atoms with Crippen molar-refractivity contribution in [2.75, 3.05) is 19.0 Å². The zero-order valence-electron chi connectivity index (χ0n) is 15.2. The van der Waals surface area contributed by atoms with Crippen LogP contribution in [0.4, 0.5) is 5.69 Å². The average molecular weight is 341 g/mol. The van der Waals surface area contributed by atoms with Crippen LogP contribution in [-0.2, 0) is 9.53 Å². The number of ether oxygens (including phenoxy) is 2. The van der Waals surface area contributed by atoms with Crippen LogP contribution in [0.1, 0.15) is 32.6 Å². The molecule has 1 N–H and O–H groups in total. The molecule has 2 aromatic rings. The van der Waals surface area contributed by atoms with Gasteiger partial charge in [-0.15, -0.1) is 0 Å². The largest absolute Gasteiger partial charge is 0.483 e. The highest BCUT2D eigenvalue weighted by Gasteiger charge is 2.12. The summed E-state index contributed by atoms with van der Waals surface area (Å²) in [6.45, 7) is 7.68. The molecule has 0 heterocycles. The number of esters is 1. The van der Waals surface area contributed by atoms with Gasteiger partial charge in [-0.25, -0.2) is 4.79 Å². The van der Waals surface area contributed by atoms with Crippen molar-refractivity contribution < 1.29 is 19.1 Å². The monoisotopic (exact) mass is 341 g/mol. The van der Waals surface area contributed by atoms with Crippen LogP contribution in [0.15, 0.2) is 30.3 Å². The molecule has 5 nitrogen and oxygen atoms in total. The molecule has 2 aromatic carbocycles. The second kappa shape index (κ2) is 7.83. The van der Waals surface area contributed by atoms with Crippen LogP contribution in [0.25, 0.3) is 0 Å². The van der Waals surface area contributed by atoms with Gasteiger partial charge in [0.2, 0.25) is 0 Å². The third kappa shape index (κ3) is 4.59. The number of hydrogen-bond acceptors (Lipinski definition) is 4. The van der Waals surface area contributed by atoms with Crippen molar-refractivity contribution in [1.29, 1.82) is 0 Å². The van der Waals surface area contributed by atoms with Gasteiger partial charge >= 0.3 is 5.97 Å². The van der Waals surface area contributed by atoms with Gasteiger partial charge in [-0.1, -0.05) is 23.8 Å². The van der Waals surface area contributed by atoms with Crippen LogP contribution in [0, 0.1) is 27.7 Å². The predicted octanol–water partition coefficient (Wildman–Crippen LogP) is 3.72.